The maximum atomic E-state index is 13.7. The summed E-state index contributed by atoms with van der Waals surface area (Å²) in [6, 6.07) is 5.31. The normalized spacial score (nSPS) is 12.6. The Labute approximate surface area is 120 Å². The topological polar surface area (TPSA) is 40.7 Å². The van der Waals surface area contributed by atoms with Crippen LogP contribution in [0.3, 0.4) is 0 Å². The summed E-state index contributed by atoms with van der Waals surface area (Å²) in [6.07, 6.45) is 2.73. The summed E-state index contributed by atoms with van der Waals surface area (Å²) in [7, 11) is 0. The molecule has 0 saturated carbocycles. The van der Waals surface area contributed by atoms with Gasteiger partial charge in [0, 0.05) is 16.1 Å². The lowest BCUT2D eigenvalue weighted by Crippen LogP contribution is -2.24. The Kier molecular flexibility index (Phi) is 4.71. The molecule has 0 fully saturated rings. The van der Waals surface area contributed by atoms with E-state index >= 15 is 0 Å². The molecule has 0 aliphatic carbocycles. The first-order valence-corrected chi connectivity index (χ1v) is 7.12. The van der Waals surface area contributed by atoms with E-state index in [1.165, 1.54) is 6.07 Å². The largest absolute Gasteiger partial charge is 0.341 e. The molecule has 0 amide bonds. The quantitative estimate of drug-likeness (QED) is 0.876. The fraction of sp³-hybridized carbons (Fsp3) is 0.357. The van der Waals surface area contributed by atoms with Crippen LogP contribution in [0.4, 0.5) is 4.39 Å². The Hall–Kier alpha value is -1.20. The van der Waals surface area contributed by atoms with E-state index in [1.54, 1.807) is 18.3 Å². The molecule has 2 rings (SSSR count). The van der Waals surface area contributed by atoms with Crippen LogP contribution >= 0.6 is 15.9 Å². The first kappa shape index (κ1) is 14.2. The minimum Gasteiger partial charge on any atom is -0.341 e. The van der Waals surface area contributed by atoms with Gasteiger partial charge in [-0.25, -0.2) is 9.37 Å². The summed E-state index contributed by atoms with van der Waals surface area (Å²) >= 11 is 3.35. The molecule has 0 spiro atoms. The van der Waals surface area contributed by atoms with Crippen LogP contribution in [0.2, 0.25) is 0 Å². The van der Waals surface area contributed by atoms with Crippen molar-refractivity contribution in [2.75, 3.05) is 0 Å². The molecule has 0 bridgehead atoms. The molecule has 0 radical (unpaired) electrons. The number of nitrogens with one attached hydrogen (secondary N) is 2. The Morgan fingerprint density at radius 1 is 1.47 bits per heavy atom. The zero-order valence-corrected chi connectivity index (χ0v) is 12.6. The molecule has 1 aromatic carbocycles. The van der Waals surface area contributed by atoms with Crippen LogP contribution in [0.15, 0.2) is 28.9 Å². The highest BCUT2D eigenvalue weighted by Gasteiger charge is 2.09. The highest BCUT2D eigenvalue weighted by molar-refractivity contribution is 9.10. The van der Waals surface area contributed by atoms with E-state index in [2.05, 4.69) is 45.1 Å². The highest BCUT2D eigenvalue weighted by Crippen LogP contribution is 2.24. The molecule has 19 heavy (non-hydrogen) atoms. The number of nitrogens with zero attached hydrogens (tertiary/aromatic N) is 1. The van der Waals surface area contributed by atoms with Crippen molar-refractivity contribution in [2.45, 2.75) is 32.9 Å². The van der Waals surface area contributed by atoms with Gasteiger partial charge in [-0.05, 0) is 31.5 Å². The Bertz CT molecular complexity index is 553. The monoisotopic (exact) mass is 325 g/mol. The summed E-state index contributed by atoms with van der Waals surface area (Å²) < 4.78 is 14.6. The Balaban J connectivity index is 2.14. The molecule has 1 atom stereocenters. The molecule has 3 nitrogen and oxygen atoms in total. The highest BCUT2D eigenvalue weighted by atomic mass is 79.9. The molecule has 5 heteroatoms. The zero-order chi connectivity index (χ0) is 13.8. The fourth-order valence-electron chi connectivity index (χ4n) is 1.71. The molecular weight excluding hydrogens is 309 g/mol. The second kappa shape index (κ2) is 6.30. The molecule has 102 valence electrons. The lowest BCUT2D eigenvalue weighted by molar-refractivity contribution is 0.525. The second-order valence-corrected chi connectivity index (χ2v) is 5.47. The number of halogens is 2. The van der Waals surface area contributed by atoms with Crippen molar-refractivity contribution in [3.63, 3.8) is 0 Å². The minimum absolute atomic E-state index is 0.256. The number of hydrogen-bond acceptors (Lipinski definition) is 2. The Morgan fingerprint density at radius 3 is 3.00 bits per heavy atom. The van der Waals surface area contributed by atoms with Gasteiger partial charge in [0.2, 0.25) is 0 Å². The van der Waals surface area contributed by atoms with Gasteiger partial charge in [-0.1, -0.05) is 22.9 Å². The van der Waals surface area contributed by atoms with E-state index in [-0.39, 0.29) is 5.82 Å². The van der Waals surface area contributed by atoms with Crippen LogP contribution in [0.5, 0.6) is 0 Å². The molecule has 0 saturated heterocycles. The third kappa shape index (κ3) is 3.64. The predicted molar refractivity (Wildman–Crippen MR) is 78.3 cm³/mol. The number of H-pyrrole nitrogens is 1. The van der Waals surface area contributed by atoms with E-state index in [4.69, 9.17) is 0 Å². The average molecular weight is 326 g/mol. The number of benzene rings is 1. The SMILES string of the molecule is CCC(C)NCc1ncc(-c2cc(Br)ccc2F)[nH]1. The molecule has 1 unspecified atom stereocenters. The second-order valence-electron chi connectivity index (χ2n) is 4.56. The van der Waals surface area contributed by atoms with Crippen molar-refractivity contribution in [3.05, 3.63) is 40.5 Å². The van der Waals surface area contributed by atoms with Crippen molar-refractivity contribution in [3.8, 4) is 11.3 Å². The summed E-state index contributed by atoms with van der Waals surface area (Å²) in [6.45, 7) is 4.91. The summed E-state index contributed by atoms with van der Waals surface area (Å²) in [5.74, 6) is 0.558. The van der Waals surface area contributed by atoms with E-state index in [9.17, 15) is 4.39 Å². The van der Waals surface area contributed by atoms with Gasteiger partial charge in [-0.2, -0.15) is 0 Å². The van der Waals surface area contributed by atoms with Gasteiger partial charge >= 0.3 is 0 Å². The fourth-order valence-corrected chi connectivity index (χ4v) is 2.07. The average Bonchev–Trinajstić information content (AvgIpc) is 2.87. The van der Waals surface area contributed by atoms with E-state index < -0.39 is 0 Å². The Morgan fingerprint density at radius 2 is 2.26 bits per heavy atom. The molecule has 0 aliphatic rings. The number of rotatable bonds is 5. The van der Waals surface area contributed by atoms with Crippen molar-refractivity contribution in [1.29, 1.82) is 0 Å². The van der Waals surface area contributed by atoms with E-state index in [1.807, 2.05) is 0 Å². The molecule has 1 heterocycles. The molecule has 1 aromatic heterocycles. The van der Waals surface area contributed by atoms with Gasteiger partial charge in [-0.3, -0.25) is 0 Å². The van der Waals surface area contributed by atoms with Crippen LogP contribution in [0.1, 0.15) is 26.1 Å². The lowest BCUT2D eigenvalue weighted by atomic mass is 10.1. The maximum absolute atomic E-state index is 13.7. The first-order valence-electron chi connectivity index (χ1n) is 6.32. The van der Waals surface area contributed by atoms with Gasteiger partial charge in [0.05, 0.1) is 18.4 Å². The van der Waals surface area contributed by atoms with Gasteiger partial charge in [0.1, 0.15) is 11.6 Å². The van der Waals surface area contributed by atoms with Gasteiger partial charge in [0.25, 0.3) is 0 Å². The van der Waals surface area contributed by atoms with Gasteiger partial charge in [0.15, 0.2) is 0 Å². The van der Waals surface area contributed by atoms with Crippen molar-refractivity contribution in [1.82, 2.24) is 15.3 Å². The summed E-state index contributed by atoms with van der Waals surface area (Å²) in [5.41, 5.74) is 1.22. The summed E-state index contributed by atoms with van der Waals surface area (Å²) in [5, 5.41) is 3.34. The standard InChI is InChI=1S/C14H17BrFN3/c1-3-9(2)17-8-14-18-7-13(19-14)11-6-10(15)4-5-12(11)16/h4-7,9,17H,3,8H2,1-2H3,(H,18,19). The molecule has 2 aromatic rings. The van der Waals surface area contributed by atoms with Gasteiger partial charge in [-0.15, -0.1) is 0 Å². The molecule has 0 aliphatic heterocycles. The third-order valence-electron chi connectivity index (χ3n) is 3.08. The number of hydrogen-bond donors (Lipinski definition) is 2. The van der Waals surface area contributed by atoms with Crippen molar-refractivity contribution < 1.29 is 4.39 Å². The van der Waals surface area contributed by atoms with Gasteiger partial charge < -0.3 is 10.3 Å². The first-order chi connectivity index (χ1) is 9.10. The number of imidazole rings is 1. The minimum atomic E-state index is -0.256. The zero-order valence-electron chi connectivity index (χ0n) is 11.0. The smallest absolute Gasteiger partial charge is 0.132 e. The van der Waals surface area contributed by atoms with Crippen LogP contribution in [0, 0.1) is 5.82 Å². The predicted octanol–water partition coefficient (Wildman–Crippen LogP) is 3.87. The van der Waals surface area contributed by atoms with Crippen LogP contribution in [-0.4, -0.2) is 16.0 Å². The van der Waals surface area contributed by atoms with Crippen molar-refractivity contribution >= 4 is 15.9 Å². The molecule has 2 N–H and O–H groups in total. The number of aromatic nitrogens is 2. The van der Waals surface area contributed by atoms with Crippen LogP contribution in [-0.2, 0) is 6.54 Å². The third-order valence-corrected chi connectivity index (χ3v) is 3.57. The van der Waals surface area contributed by atoms with Crippen molar-refractivity contribution in [2.24, 2.45) is 0 Å². The van der Waals surface area contributed by atoms with Crippen LogP contribution in [0.25, 0.3) is 11.3 Å². The maximum Gasteiger partial charge on any atom is 0.132 e. The number of aromatic amines is 1. The molecular formula is C14H17BrFN3. The van der Waals surface area contributed by atoms with E-state index in [0.29, 0.717) is 23.8 Å². The van der Waals surface area contributed by atoms with E-state index in [0.717, 1.165) is 16.7 Å². The van der Waals surface area contributed by atoms with Crippen LogP contribution < -0.4 is 5.32 Å². The lowest BCUT2D eigenvalue weighted by Gasteiger charge is -2.09. The summed E-state index contributed by atoms with van der Waals surface area (Å²) in [4.78, 5) is 7.41.